The molecule has 3 aliphatic carbocycles. The number of ketones is 2. The first kappa shape index (κ1) is 26.7. The zero-order chi connectivity index (χ0) is 27.6. The minimum absolute atomic E-state index is 0.0368. The van der Waals surface area contributed by atoms with Gasteiger partial charge in [0, 0.05) is 29.8 Å². The smallest absolute Gasteiger partial charge is 0.233 e. The maximum absolute atomic E-state index is 13.0. The molecule has 6 rings (SSSR count). The Morgan fingerprint density at radius 1 is 0.825 bits per heavy atom. The second-order valence-electron chi connectivity index (χ2n) is 12.2. The number of piperidine rings is 1. The van der Waals surface area contributed by atoms with Gasteiger partial charge in [0.25, 0.3) is 0 Å². The van der Waals surface area contributed by atoms with E-state index in [9.17, 15) is 19.2 Å². The van der Waals surface area contributed by atoms with Gasteiger partial charge in [-0.25, -0.2) is 0 Å². The maximum atomic E-state index is 13.0. The van der Waals surface area contributed by atoms with E-state index < -0.39 is 11.8 Å². The molecule has 1 atom stereocenters. The molecule has 1 saturated heterocycles. The summed E-state index contributed by atoms with van der Waals surface area (Å²) < 4.78 is 0. The molecule has 3 fully saturated rings. The van der Waals surface area contributed by atoms with Gasteiger partial charge < -0.3 is 5.32 Å². The van der Waals surface area contributed by atoms with Crippen molar-refractivity contribution in [1.29, 1.82) is 0 Å². The summed E-state index contributed by atoms with van der Waals surface area (Å²) in [4.78, 5) is 49.4. The molecule has 1 heterocycles. The number of hydrogen-bond donors (Lipinski definition) is 2. The van der Waals surface area contributed by atoms with E-state index in [-0.39, 0.29) is 29.5 Å². The van der Waals surface area contributed by atoms with Crippen molar-refractivity contribution in [3.8, 4) is 0 Å². The standard InChI is InChI=1S/C34H38N2O4/c37-31-15-12-25(34(40)36-31)19-30-32(38)28-14-13-27(20-29(28)33(30)39)35-16-4-5-21-17-26(18-21)24-10-8-23(9-11-24)22-6-2-1-3-7-22/h1-3,6-7,13-14,19-21,23-26,35H,4-5,8-12,15-18H2,(H,36,37,40)/b30-19+. The van der Waals surface area contributed by atoms with Crippen LogP contribution in [0.25, 0.3) is 0 Å². The van der Waals surface area contributed by atoms with Crippen molar-refractivity contribution < 1.29 is 19.2 Å². The van der Waals surface area contributed by atoms with E-state index >= 15 is 0 Å². The first-order valence-corrected chi connectivity index (χ1v) is 15.0. The van der Waals surface area contributed by atoms with Crippen molar-refractivity contribution in [1.82, 2.24) is 5.32 Å². The molecule has 2 aromatic carbocycles. The van der Waals surface area contributed by atoms with Gasteiger partial charge >= 0.3 is 0 Å². The molecule has 2 amide bonds. The predicted molar refractivity (Wildman–Crippen MR) is 154 cm³/mol. The van der Waals surface area contributed by atoms with Crippen LogP contribution in [0.4, 0.5) is 5.69 Å². The molecule has 208 valence electrons. The molecular formula is C34H38N2O4. The summed E-state index contributed by atoms with van der Waals surface area (Å²) in [6.45, 7) is 0.837. The highest BCUT2D eigenvalue weighted by Crippen LogP contribution is 2.48. The van der Waals surface area contributed by atoms with E-state index in [1.165, 1.54) is 56.6 Å². The molecule has 0 aromatic heterocycles. The average Bonchev–Trinajstić information content (AvgIpc) is 3.18. The Balaban J connectivity index is 0.933. The second-order valence-corrected chi connectivity index (χ2v) is 12.2. The monoisotopic (exact) mass is 538 g/mol. The number of Topliss-reactive ketones (excluding diaryl/α,β-unsaturated/α-hetero) is 2. The Bertz CT molecular complexity index is 1330. The number of carbonyl (C=O) groups excluding carboxylic acids is 4. The number of allylic oxidation sites excluding steroid dienone is 1. The van der Waals surface area contributed by atoms with Crippen LogP contribution < -0.4 is 10.6 Å². The van der Waals surface area contributed by atoms with Crippen LogP contribution in [0.1, 0.15) is 96.4 Å². The van der Waals surface area contributed by atoms with E-state index in [1.807, 2.05) is 6.07 Å². The van der Waals surface area contributed by atoms with Gasteiger partial charge in [-0.15, -0.1) is 0 Å². The van der Waals surface area contributed by atoms with Crippen LogP contribution in [0.3, 0.4) is 0 Å². The van der Waals surface area contributed by atoms with Crippen LogP contribution in [-0.4, -0.2) is 29.9 Å². The van der Waals surface area contributed by atoms with Crippen molar-refractivity contribution in [2.45, 2.75) is 70.1 Å². The van der Waals surface area contributed by atoms with E-state index in [4.69, 9.17) is 0 Å². The van der Waals surface area contributed by atoms with Crippen LogP contribution in [-0.2, 0) is 9.59 Å². The third-order valence-electron chi connectivity index (χ3n) is 9.75. The minimum atomic E-state index is -0.636. The lowest BCUT2D eigenvalue weighted by Crippen LogP contribution is -2.40. The van der Waals surface area contributed by atoms with Crippen molar-refractivity contribution in [2.75, 3.05) is 11.9 Å². The molecule has 4 aliphatic rings. The summed E-state index contributed by atoms with van der Waals surface area (Å²) >= 11 is 0. The number of fused-ring (bicyclic) bond motifs is 1. The van der Waals surface area contributed by atoms with Gasteiger partial charge in [0.1, 0.15) is 0 Å². The Hall–Kier alpha value is -3.54. The fourth-order valence-corrected chi connectivity index (χ4v) is 7.34. The average molecular weight is 539 g/mol. The Kier molecular flexibility index (Phi) is 7.68. The largest absolute Gasteiger partial charge is 0.385 e. The zero-order valence-corrected chi connectivity index (χ0v) is 23.0. The topological polar surface area (TPSA) is 92.3 Å². The molecule has 2 saturated carbocycles. The number of rotatable bonds is 8. The lowest BCUT2D eigenvalue weighted by molar-refractivity contribution is -0.135. The van der Waals surface area contributed by atoms with Gasteiger partial charge in [-0.05, 0) is 105 Å². The molecule has 40 heavy (non-hydrogen) atoms. The number of imide groups is 1. The van der Waals surface area contributed by atoms with Gasteiger partial charge in [0.2, 0.25) is 11.8 Å². The van der Waals surface area contributed by atoms with E-state index in [2.05, 4.69) is 41.0 Å². The summed E-state index contributed by atoms with van der Waals surface area (Å²) in [7, 11) is 0. The van der Waals surface area contributed by atoms with Crippen molar-refractivity contribution in [3.05, 3.63) is 76.9 Å². The first-order chi connectivity index (χ1) is 19.5. The van der Waals surface area contributed by atoms with Crippen molar-refractivity contribution >= 4 is 29.1 Å². The molecule has 1 aliphatic heterocycles. The molecule has 0 bridgehead atoms. The summed E-state index contributed by atoms with van der Waals surface area (Å²) in [6, 6.07) is 16.3. The minimum Gasteiger partial charge on any atom is -0.385 e. The Labute approximate surface area is 236 Å². The molecule has 2 N–H and O–H groups in total. The molecule has 0 radical (unpaired) electrons. The Morgan fingerprint density at radius 3 is 2.33 bits per heavy atom. The zero-order valence-electron chi connectivity index (χ0n) is 23.0. The van der Waals surface area contributed by atoms with E-state index in [0.717, 1.165) is 42.3 Å². The van der Waals surface area contributed by atoms with E-state index in [0.29, 0.717) is 17.5 Å². The van der Waals surface area contributed by atoms with Gasteiger partial charge in [0.15, 0.2) is 11.6 Å². The van der Waals surface area contributed by atoms with E-state index in [1.54, 1.807) is 12.1 Å². The summed E-state index contributed by atoms with van der Waals surface area (Å²) in [5.41, 5.74) is 3.16. The quantitative estimate of drug-likeness (QED) is 0.180. The van der Waals surface area contributed by atoms with Gasteiger partial charge in [0.05, 0.1) is 11.5 Å². The first-order valence-electron chi connectivity index (χ1n) is 15.0. The lowest BCUT2D eigenvalue weighted by atomic mass is 9.62. The summed E-state index contributed by atoms with van der Waals surface area (Å²) in [6.07, 6.45) is 12.5. The molecule has 6 heteroatoms. The van der Waals surface area contributed by atoms with Crippen LogP contribution in [0.5, 0.6) is 0 Å². The molecular weight excluding hydrogens is 500 g/mol. The van der Waals surface area contributed by atoms with Crippen LogP contribution >= 0.6 is 0 Å². The molecule has 6 nitrogen and oxygen atoms in total. The predicted octanol–water partition coefficient (Wildman–Crippen LogP) is 6.24. The fraction of sp³-hybridized carbons (Fsp3) is 0.471. The summed E-state index contributed by atoms with van der Waals surface area (Å²) in [5.74, 6) is 1.32. The van der Waals surface area contributed by atoms with Gasteiger partial charge in [-0.1, -0.05) is 36.4 Å². The number of benzene rings is 2. The third-order valence-corrected chi connectivity index (χ3v) is 9.75. The number of amides is 2. The number of nitrogens with one attached hydrogen (secondary N) is 2. The molecule has 0 spiro atoms. The lowest BCUT2D eigenvalue weighted by Gasteiger charge is -2.43. The SMILES string of the molecule is O=C1CCC(/C=C2\C(=O)c3ccc(NCCCC4CC(C5CCC(c6ccccc6)CC5)C4)cc3C2=O)C(=O)N1. The highest BCUT2D eigenvalue weighted by molar-refractivity contribution is 6.39. The third kappa shape index (κ3) is 5.54. The fourth-order valence-electron chi connectivity index (χ4n) is 7.34. The van der Waals surface area contributed by atoms with Crippen molar-refractivity contribution in [3.63, 3.8) is 0 Å². The molecule has 2 aromatic rings. The maximum Gasteiger partial charge on any atom is 0.233 e. The van der Waals surface area contributed by atoms with Crippen LogP contribution in [0.15, 0.2) is 60.2 Å². The summed E-state index contributed by atoms with van der Waals surface area (Å²) in [5, 5.41) is 5.71. The van der Waals surface area contributed by atoms with Gasteiger partial charge in [-0.2, -0.15) is 0 Å². The van der Waals surface area contributed by atoms with Crippen molar-refractivity contribution in [2.24, 2.45) is 23.7 Å². The highest BCUT2D eigenvalue weighted by Gasteiger charge is 2.37. The normalized spacial score (nSPS) is 29.2. The number of hydrogen-bond acceptors (Lipinski definition) is 5. The van der Waals surface area contributed by atoms with Crippen LogP contribution in [0.2, 0.25) is 0 Å². The number of carbonyl (C=O) groups is 4. The number of anilines is 1. The van der Waals surface area contributed by atoms with Gasteiger partial charge in [-0.3, -0.25) is 24.5 Å². The second kappa shape index (κ2) is 11.5. The Morgan fingerprint density at radius 2 is 1.57 bits per heavy atom. The van der Waals surface area contributed by atoms with Crippen LogP contribution in [0, 0.1) is 23.7 Å². The highest BCUT2D eigenvalue weighted by atomic mass is 16.2. The molecule has 1 unspecified atom stereocenters.